The Morgan fingerprint density at radius 1 is 1.20 bits per heavy atom. The second-order valence-corrected chi connectivity index (χ2v) is 5.12. The number of halogens is 3. The van der Waals surface area contributed by atoms with Crippen molar-refractivity contribution in [2.45, 2.75) is 37.7 Å². The van der Waals surface area contributed by atoms with Crippen LogP contribution in [0, 0.1) is 17.5 Å². The molecule has 0 unspecified atom stereocenters. The molecule has 110 valence electrons. The molecule has 3 nitrogen and oxygen atoms in total. The van der Waals surface area contributed by atoms with Crippen molar-refractivity contribution in [1.82, 2.24) is 5.32 Å². The number of hydrogen-bond donors (Lipinski definition) is 2. The molecule has 2 rings (SSSR count). The maximum atomic E-state index is 13.0. The molecular weight excluding hydrogens is 271 g/mol. The summed E-state index contributed by atoms with van der Waals surface area (Å²) in [5.41, 5.74) is -1.07. The summed E-state index contributed by atoms with van der Waals surface area (Å²) >= 11 is 0. The fourth-order valence-electron chi connectivity index (χ4n) is 2.42. The van der Waals surface area contributed by atoms with Crippen molar-refractivity contribution < 1.29 is 23.1 Å². The van der Waals surface area contributed by atoms with Crippen molar-refractivity contribution >= 4 is 5.91 Å². The van der Waals surface area contributed by atoms with Crippen molar-refractivity contribution in [2.75, 3.05) is 6.54 Å². The largest absolute Gasteiger partial charge is 0.380 e. The van der Waals surface area contributed by atoms with Crippen LogP contribution in [-0.4, -0.2) is 23.2 Å². The normalized spacial score (nSPS) is 17.2. The Bertz CT molecular complexity index is 490. The molecule has 6 heteroatoms. The first kappa shape index (κ1) is 14.8. The zero-order chi connectivity index (χ0) is 14.8. The molecule has 1 aliphatic rings. The van der Waals surface area contributed by atoms with E-state index in [0.29, 0.717) is 12.8 Å². The third-order valence-electron chi connectivity index (χ3n) is 3.60. The van der Waals surface area contributed by atoms with Crippen LogP contribution in [0.1, 0.15) is 31.2 Å². The summed E-state index contributed by atoms with van der Waals surface area (Å²) in [6.07, 6.45) is 2.63. The van der Waals surface area contributed by atoms with Crippen molar-refractivity contribution in [3.8, 4) is 0 Å². The molecule has 0 heterocycles. The molecule has 1 saturated carbocycles. The number of aliphatic hydroxyl groups is 1. The second-order valence-electron chi connectivity index (χ2n) is 5.12. The van der Waals surface area contributed by atoms with E-state index in [9.17, 15) is 23.1 Å². The first-order valence-corrected chi connectivity index (χ1v) is 6.56. The van der Waals surface area contributed by atoms with Gasteiger partial charge >= 0.3 is 0 Å². The molecule has 20 heavy (non-hydrogen) atoms. The maximum absolute atomic E-state index is 13.0. The molecule has 0 bridgehead atoms. The summed E-state index contributed by atoms with van der Waals surface area (Å²) in [5.74, 6) is -4.46. The van der Waals surface area contributed by atoms with Gasteiger partial charge in [-0.15, -0.1) is 0 Å². The summed E-state index contributed by atoms with van der Waals surface area (Å²) in [6, 6.07) is 1.80. The fourth-order valence-corrected chi connectivity index (χ4v) is 2.42. The average Bonchev–Trinajstić information content (AvgIpc) is 2.84. The molecule has 0 atom stereocenters. The van der Waals surface area contributed by atoms with Crippen LogP contribution in [0.15, 0.2) is 12.1 Å². The lowest BCUT2D eigenvalue weighted by atomic mass is 10.0. The van der Waals surface area contributed by atoms with Crippen LogP contribution in [0.2, 0.25) is 0 Å². The molecule has 1 aliphatic carbocycles. The van der Waals surface area contributed by atoms with E-state index in [1.165, 1.54) is 0 Å². The van der Waals surface area contributed by atoms with E-state index in [1.807, 2.05) is 0 Å². The number of carbonyl (C=O) groups is 1. The van der Waals surface area contributed by atoms with Crippen molar-refractivity contribution in [3.05, 3.63) is 35.1 Å². The summed E-state index contributed by atoms with van der Waals surface area (Å²) in [4.78, 5) is 11.8. The van der Waals surface area contributed by atoms with Gasteiger partial charge in [-0.25, -0.2) is 13.2 Å². The van der Waals surface area contributed by atoms with E-state index >= 15 is 0 Å². The zero-order valence-electron chi connectivity index (χ0n) is 10.9. The van der Waals surface area contributed by atoms with Gasteiger partial charge in [-0.2, -0.15) is 0 Å². The highest BCUT2D eigenvalue weighted by Crippen LogP contribution is 2.29. The molecule has 0 spiro atoms. The van der Waals surface area contributed by atoms with Gasteiger partial charge in [-0.1, -0.05) is 0 Å². The van der Waals surface area contributed by atoms with E-state index < -0.39 is 29.0 Å². The van der Waals surface area contributed by atoms with Gasteiger partial charge in [0.1, 0.15) is 5.60 Å². The molecule has 1 aromatic carbocycles. The number of carbonyl (C=O) groups excluding carboxylic acids is 1. The monoisotopic (exact) mass is 287 g/mol. The minimum Gasteiger partial charge on any atom is -0.380 e. The quantitative estimate of drug-likeness (QED) is 0.833. The molecule has 0 aliphatic heterocycles. The Labute approximate surface area is 114 Å². The molecule has 0 saturated heterocycles. The Morgan fingerprint density at radius 2 is 1.75 bits per heavy atom. The predicted octanol–water partition coefficient (Wildman–Crippen LogP) is 2.07. The minimum atomic E-state index is -1.50. The summed E-state index contributed by atoms with van der Waals surface area (Å²) in [7, 11) is 0. The van der Waals surface area contributed by atoms with Crippen LogP contribution in [0.4, 0.5) is 13.2 Å². The van der Waals surface area contributed by atoms with Crippen LogP contribution in [0.3, 0.4) is 0 Å². The molecule has 1 aromatic rings. The highest BCUT2D eigenvalue weighted by Gasteiger charge is 2.38. The minimum absolute atomic E-state index is 0.131. The van der Waals surface area contributed by atoms with E-state index in [2.05, 4.69) is 5.32 Å². The van der Waals surface area contributed by atoms with E-state index in [1.54, 1.807) is 0 Å². The topological polar surface area (TPSA) is 49.3 Å². The van der Waals surface area contributed by atoms with Gasteiger partial charge < -0.3 is 10.4 Å². The highest BCUT2D eigenvalue weighted by atomic mass is 19.2. The van der Waals surface area contributed by atoms with Gasteiger partial charge in [0, 0.05) is 6.54 Å². The van der Waals surface area contributed by atoms with Crippen LogP contribution in [-0.2, 0) is 11.2 Å². The lowest BCUT2D eigenvalue weighted by molar-refractivity contribution is -0.139. The Kier molecular flexibility index (Phi) is 4.32. The van der Waals surface area contributed by atoms with Gasteiger partial charge in [0.15, 0.2) is 17.5 Å². The second kappa shape index (κ2) is 5.83. The van der Waals surface area contributed by atoms with Gasteiger partial charge in [0.05, 0.1) is 0 Å². The van der Waals surface area contributed by atoms with Gasteiger partial charge in [0.2, 0.25) is 0 Å². The number of benzene rings is 1. The smallest absolute Gasteiger partial charge is 0.251 e. The fraction of sp³-hybridized carbons (Fsp3) is 0.500. The first-order chi connectivity index (χ1) is 9.42. The SMILES string of the molecule is O=C(NCCc1cc(F)c(F)c(F)c1)C1(O)CCCC1. The van der Waals surface area contributed by atoms with Crippen molar-refractivity contribution in [3.63, 3.8) is 0 Å². The van der Waals surface area contributed by atoms with E-state index in [-0.39, 0.29) is 18.5 Å². The van der Waals surface area contributed by atoms with Crippen molar-refractivity contribution in [2.24, 2.45) is 0 Å². The summed E-state index contributed by atoms with van der Waals surface area (Å²) in [6.45, 7) is 0.131. The Morgan fingerprint density at radius 3 is 2.30 bits per heavy atom. The molecular formula is C14H16F3NO2. The third-order valence-corrected chi connectivity index (χ3v) is 3.60. The standard InChI is InChI=1S/C14H16F3NO2/c15-10-7-9(8-11(16)12(10)17)3-6-18-13(19)14(20)4-1-2-5-14/h7-8,20H,1-6H2,(H,18,19). The lowest BCUT2D eigenvalue weighted by Crippen LogP contribution is -2.45. The number of amides is 1. The number of rotatable bonds is 4. The molecule has 2 N–H and O–H groups in total. The van der Waals surface area contributed by atoms with Crippen LogP contribution in [0.5, 0.6) is 0 Å². The predicted molar refractivity (Wildman–Crippen MR) is 66.4 cm³/mol. The third kappa shape index (κ3) is 3.12. The first-order valence-electron chi connectivity index (χ1n) is 6.56. The molecule has 0 aromatic heterocycles. The maximum Gasteiger partial charge on any atom is 0.251 e. The van der Waals surface area contributed by atoms with Gasteiger partial charge in [0.25, 0.3) is 5.91 Å². The lowest BCUT2D eigenvalue weighted by Gasteiger charge is -2.20. The molecule has 1 fully saturated rings. The zero-order valence-corrected chi connectivity index (χ0v) is 10.9. The van der Waals surface area contributed by atoms with Crippen LogP contribution < -0.4 is 5.32 Å². The van der Waals surface area contributed by atoms with E-state index in [0.717, 1.165) is 25.0 Å². The van der Waals surface area contributed by atoms with Crippen LogP contribution in [0.25, 0.3) is 0 Å². The Balaban J connectivity index is 1.88. The number of nitrogens with one attached hydrogen (secondary N) is 1. The summed E-state index contributed by atoms with van der Waals surface area (Å²) < 4.78 is 38.7. The van der Waals surface area contributed by atoms with Gasteiger partial charge in [-0.05, 0) is 49.8 Å². The number of hydrogen-bond acceptors (Lipinski definition) is 2. The van der Waals surface area contributed by atoms with Crippen LogP contribution >= 0.6 is 0 Å². The summed E-state index contributed by atoms with van der Waals surface area (Å²) in [5, 5.41) is 12.5. The highest BCUT2D eigenvalue weighted by molar-refractivity contribution is 5.85. The molecule has 0 radical (unpaired) electrons. The average molecular weight is 287 g/mol. The van der Waals surface area contributed by atoms with Gasteiger partial charge in [-0.3, -0.25) is 4.79 Å². The van der Waals surface area contributed by atoms with E-state index in [4.69, 9.17) is 0 Å². The van der Waals surface area contributed by atoms with Crippen molar-refractivity contribution in [1.29, 1.82) is 0 Å². The molecule has 1 amide bonds. The Hall–Kier alpha value is -1.56.